The number of nitrogens with one attached hydrogen (secondary N) is 1. The zero-order chi connectivity index (χ0) is 14.1. The molecule has 1 aromatic carbocycles. The van der Waals surface area contributed by atoms with Gasteiger partial charge in [0.2, 0.25) is 0 Å². The Balaban J connectivity index is 1.89. The van der Waals surface area contributed by atoms with Crippen LogP contribution in [0.15, 0.2) is 30.6 Å². The smallest absolute Gasteiger partial charge is 0.155 e. The second kappa shape index (κ2) is 5.09. The van der Waals surface area contributed by atoms with E-state index in [2.05, 4.69) is 20.4 Å². The highest BCUT2D eigenvalue weighted by molar-refractivity contribution is 6.30. The first-order chi connectivity index (χ1) is 9.65. The van der Waals surface area contributed by atoms with Gasteiger partial charge in [0.05, 0.1) is 5.69 Å². The van der Waals surface area contributed by atoms with Crippen molar-refractivity contribution in [1.29, 1.82) is 0 Å². The summed E-state index contributed by atoms with van der Waals surface area (Å²) in [6.07, 6.45) is 1.56. The molecular weight excluding hydrogens is 274 g/mol. The summed E-state index contributed by atoms with van der Waals surface area (Å²) in [6.45, 7) is 2.62. The van der Waals surface area contributed by atoms with Crippen LogP contribution in [0.5, 0.6) is 0 Å². The molecule has 0 atom stereocenters. The quantitative estimate of drug-likeness (QED) is 0.805. The van der Waals surface area contributed by atoms with E-state index in [1.54, 1.807) is 11.0 Å². The van der Waals surface area contributed by atoms with Crippen LogP contribution in [-0.4, -0.2) is 19.7 Å². The van der Waals surface area contributed by atoms with Gasteiger partial charge in [-0.1, -0.05) is 23.7 Å². The third-order valence-corrected chi connectivity index (χ3v) is 3.41. The van der Waals surface area contributed by atoms with Gasteiger partial charge < -0.3 is 5.32 Å². The highest BCUT2D eigenvalue weighted by Crippen LogP contribution is 2.21. The van der Waals surface area contributed by atoms with Crippen molar-refractivity contribution in [2.24, 2.45) is 7.05 Å². The van der Waals surface area contributed by atoms with E-state index in [1.807, 2.05) is 38.2 Å². The van der Waals surface area contributed by atoms with Crippen molar-refractivity contribution in [1.82, 2.24) is 19.7 Å². The van der Waals surface area contributed by atoms with Gasteiger partial charge in [-0.15, -0.1) is 0 Å². The van der Waals surface area contributed by atoms with Crippen molar-refractivity contribution in [3.8, 4) is 0 Å². The molecule has 1 N–H and O–H groups in total. The van der Waals surface area contributed by atoms with Crippen LogP contribution in [0.3, 0.4) is 0 Å². The van der Waals surface area contributed by atoms with Crippen LogP contribution >= 0.6 is 11.6 Å². The number of fused-ring (bicyclic) bond motifs is 1. The summed E-state index contributed by atoms with van der Waals surface area (Å²) in [4.78, 5) is 8.58. The predicted octanol–water partition coefficient (Wildman–Crippen LogP) is 2.94. The highest BCUT2D eigenvalue weighted by atomic mass is 35.5. The first-order valence-electron chi connectivity index (χ1n) is 6.28. The Morgan fingerprint density at radius 3 is 2.70 bits per heavy atom. The van der Waals surface area contributed by atoms with Crippen LogP contribution in [0.4, 0.5) is 5.82 Å². The molecule has 0 saturated carbocycles. The van der Waals surface area contributed by atoms with Crippen LogP contribution < -0.4 is 5.32 Å². The van der Waals surface area contributed by atoms with Gasteiger partial charge in [0, 0.05) is 18.6 Å². The number of aryl methyl sites for hydroxylation is 2. The zero-order valence-corrected chi connectivity index (χ0v) is 12.0. The average Bonchev–Trinajstić information content (AvgIpc) is 2.74. The minimum absolute atomic E-state index is 0.674. The van der Waals surface area contributed by atoms with Crippen LogP contribution in [0, 0.1) is 6.92 Å². The molecule has 2 heterocycles. The standard InChI is InChI=1S/C14H14ClN5/c1-9-12-13(20(2)19-9)14(18-8-17-12)16-7-10-3-5-11(15)6-4-10/h3-6,8H,7H2,1-2H3,(H,16,17,18). The third-order valence-electron chi connectivity index (χ3n) is 3.16. The lowest BCUT2D eigenvalue weighted by Gasteiger charge is -2.07. The Hall–Kier alpha value is -2.14. The first kappa shape index (κ1) is 12.9. The Kier molecular flexibility index (Phi) is 3.28. The Morgan fingerprint density at radius 2 is 1.95 bits per heavy atom. The van der Waals surface area contributed by atoms with Crippen LogP contribution in [-0.2, 0) is 13.6 Å². The van der Waals surface area contributed by atoms with Crippen LogP contribution in [0.25, 0.3) is 11.0 Å². The third kappa shape index (κ3) is 2.32. The lowest BCUT2D eigenvalue weighted by atomic mass is 10.2. The average molecular weight is 288 g/mol. The van der Waals surface area contributed by atoms with Gasteiger partial charge in [0.15, 0.2) is 5.82 Å². The minimum atomic E-state index is 0.674. The summed E-state index contributed by atoms with van der Waals surface area (Å²) in [5.41, 5.74) is 3.83. The normalized spacial score (nSPS) is 10.9. The fraction of sp³-hybridized carbons (Fsp3) is 0.214. The minimum Gasteiger partial charge on any atom is -0.364 e. The fourth-order valence-corrected chi connectivity index (χ4v) is 2.32. The molecule has 0 amide bonds. The van der Waals surface area contributed by atoms with E-state index in [0.717, 1.165) is 33.1 Å². The Bertz CT molecular complexity index is 748. The molecule has 102 valence electrons. The highest BCUT2D eigenvalue weighted by Gasteiger charge is 2.11. The second-order valence-electron chi connectivity index (χ2n) is 4.61. The SMILES string of the molecule is Cc1nn(C)c2c(NCc3ccc(Cl)cc3)ncnc12. The number of rotatable bonds is 3. The lowest BCUT2D eigenvalue weighted by molar-refractivity contribution is 0.782. The molecule has 5 nitrogen and oxygen atoms in total. The van der Waals surface area contributed by atoms with Gasteiger partial charge in [-0.3, -0.25) is 4.68 Å². The molecule has 0 radical (unpaired) electrons. The van der Waals surface area contributed by atoms with Gasteiger partial charge in [0.1, 0.15) is 17.4 Å². The molecule has 0 aliphatic carbocycles. The van der Waals surface area contributed by atoms with Crippen LogP contribution in [0.2, 0.25) is 5.02 Å². The largest absolute Gasteiger partial charge is 0.364 e. The molecule has 20 heavy (non-hydrogen) atoms. The van der Waals surface area contributed by atoms with E-state index in [4.69, 9.17) is 11.6 Å². The number of benzene rings is 1. The lowest BCUT2D eigenvalue weighted by Crippen LogP contribution is -2.04. The van der Waals surface area contributed by atoms with Crippen molar-refractivity contribution in [3.63, 3.8) is 0 Å². The molecule has 0 aliphatic heterocycles. The summed E-state index contributed by atoms with van der Waals surface area (Å²) in [5, 5.41) is 8.43. The molecule has 0 aliphatic rings. The predicted molar refractivity (Wildman–Crippen MR) is 79.8 cm³/mol. The van der Waals surface area contributed by atoms with Crippen molar-refractivity contribution in [2.45, 2.75) is 13.5 Å². The van der Waals surface area contributed by atoms with Gasteiger partial charge in [-0.2, -0.15) is 5.10 Å². The number of hydrogen-bond donors (Lipinski definition) is 1. The molecule has 0 saturated heterocycles. The van der Waals surface area contributed by atoms with E-state index in [0.29, 0.717) is 6.54 Å². The molecule has 3 aromatic rings. The second-order valence-corrected chi connectivity index (χ2v) is 5.04. The maximum absolute atomic E-state index is 5.88. The number of halogens is 1. The van der Waals surface area contributed by atoms with Crippen LogP contribution in [0.1, 0.15) is 11.3 Å². The molecular formula is C14H14ClN5. The van der Waals surface area contributed by atoms with Crippen molar-refractivity contribution >= 4 is 28.5 Å². The first-order valence-corrected chi connectivity index (χ1v) is 6.65. The molecule has 3 rings (SSSR count). The summed E-state index contributed by atoms with van der Waals surface area (Å²) in [7, 11) is 1.90. The van der Waals surface area contributed by atoms with Crippen molar-refractivity contribution in [3.05, 3.63) is 46.9 Å². The van der Waals surface area contributed by atoms with Gasteiger partial charge >= 0.3 is 0 Å². The molecule has 0 spiro atoms. The molecule has 2 aromatic heterocycles. The van der Waals surface area contributed by atoms with Gasteiger partial charge in [0.25, 0.3) is 0 Å². The zero-order valence-electron chi connectivity index (χ0n) is 11.3. The number of aromatic nitrogens is 4. The van der Waals surface area contributed by atoms with Crippen molar-refractivity contribution < 1.29 is 0 Å². The van der Waals surface area contributed by atoms with E-state index in [1.165, 1.54) is 0 Å². The molecule has 0 unspecified atom stereocenters. The number of anilines is 1. The number of hydrogen-bond acceptors (Lipinski definition) is 4. The van der Waals surface area contributed by atoms with Gasteiger partial charge in [-0.25, -0.2) is 9.97 Å². The summed E-state index contributed by atoms with van der Waals surface area (Å²) in [6, 6.07) is 7.73. The fourth-order valence-electron chi connectivity index (χ4n) is 2.19. The number of nitrogens with zero attached hydrogens (tertiary/aromatic N) is 4. The monoisotopic (exact) mass is 287 g/mol. The summed E-state index contributed by atoms with van der Waals surface area (Å²) < 4.78 is 1.80. The Morgan fingerprint density at radius 1 is 1.20 bits per heavy atom. The molecule has 6 heteroatoms. The Labute approximate surface area is 121 Å². The summed E-state index contributed by atoms with van der Waals surface area (Å²) >= 11 is 5.88. The summed E-state index contributed by atoms with van der Waals surface area (Å²) in [5.74, 6) is 0.785. The van der Waals surface area contributed by atoms with E-state index < -0.39 is 0 Å². The molecule has 0 bridgehead atoms. The maximum atomic E-state index is 5.88. The van der Waals surface area contributed by atoms with E-state index in [9.17, 15) is 0 Å². The van der Waals surface area contributed by atoms with E-state index in [-0.39, 0.29) is 0 Å². The van der Waals surface area contributed by atoms with Gasteiger partial charge in [-0.05, 0) is 24.6 Å². The topological polar surface area (TPSA) is 55.6 Å². The van der Waals surface area contributed by atoms with E-state index >= 15 is 0 Å². The molecule has 0 fully saturated rings. The van der Waals surface area contributed by atoms with Crippen molar-refractivity contribution in [2.75, 3.05) is 5.32 Å². The maximum Gasteiger partial charge on any atom is 0.155 e.